The number of nitrogens with zero attached hydrogens (tertiary/aromatic N) is 2. The summed E-state index contributed by atoms with van der Waals surface area (Å²) in [6.07, 6.45) is 2.06. The number of rotatable bonds is 7. The number of para-hydroxylation sites is 2. The molecule has 2 heterocycles. The Morgan fingerprint density at radius 1 is 1.00 bits per heavy atom. The lowest BCUT2D eigenvalue weighted by Crippen LogP contribution is -2.55. The average molecular weight is 579 g/mol. The maximum atomic E-state index is 14.3. The maximum Gasteiger partial charge on any atom is 0.251 e. The molecule has 0 spiro atoms. The molecule has 0 radical (unpaired) electrons. The minimum Gasteiger partial charge on any atom is -0.381 e. The Kier molecular flexibility index (Phi) is 10.0. The maximum absolute atomic E-state index is 14.3. The van der Waals surface area contributed by atoms with E-state index in [2.05, 4.69) is 34.9 Å². The molecule has 0 aromatic heterocycles. The number of hydrogen-bond acceptors (Lipinski definition) is 5. The molecule has 0 saturated carbocycles. The third-order valence-corrected chi connectivity index (χ3v) is 8.23. The molecular weight excluding hydrogens is 540 g/mol. The van der Waals surface area contributed by atoms with Crippen LogP contribution in [0.2, 0.25) is 0 Å². The number of anilines is 2. The highest BCUT2D eigenvalue weighted by Gasteiger charge is 2.38. The van der Waals surface area contributed by atoms with E-state index in [9.17, 15) is 14.4 Å². The molecule has 5 rings (SSSR count). The SMILES string of the molecule is CNC(C)C(=O)N[C@H]1CN(C(=O)CC2CCOCC2)c2ccccc2N(Cc2c(C)ccc3ccccc23)C1=O.Cl. The van der Waals surface area contributed by atoms with Gasteiger partial charge < -0.3 is 25.2 Å². The summed E-state index contributed by atoms with van der Waals surface area (Å²) in [6.45, 7) is 5.51. The van der Waals surface area contributed by atoms with Gasteiger partial charge in [-0.3, -0.25) is 14.4 Å². The number of carbonyl (C=O) groups is 3. The third-order valence-electron chi connectivity index (χ3n) is 8.23. The van der Waals surface area contributed by atoms with Crippen LogP contribution in [-0.4, -0.2) is 56.6 Å². The van der Waals surface area contributed by atoms with Crippen molar-refractivity contribution in [2.75, 3.05) is 36.6 Å². The lowest BCUT2D eigenvalue weighted by atomic mass is 9.95. The van der Waals surface area contributed by atoms with E-state index >= 15 is 0 Å². The fourth-order valence-electron chi connectivity index (χ4n) is 5.64. The van der Waals surface area contributed by atoms with Crippen LogP contribution in [0.25, 0.3) is 10.8 Å². The van der Waals surface area contributed by atoms with E-state index < -0.39 is 12.1 Å². The summed E-state index contributed by atoms with van der Waals surface area (Å²) < 4.78 is 5.49. The number of hydrogen-bond donors (Lipinski definition) is 2. The average Bonchev–Trinajstić information content (AvgIpc) is 3.09. The lowest BCUT2D eigenvalue weighted by Gasteiger charge is -2.28. The summed E-state index contributed by atoms with van der Waals surface area (Å²) in [4.78, 5) is 44.6. The van der Waals surface area contributed by atoms with Crippen molar-refractivity contribution < 1.29 is 19.1 Å². The zero-order chi connectivity index (χ0) is 28.2. The van der Waals surface area contributed by atoms with E-state index in [1.807, 2.05) is 43.3 Å². The molecule has 3 aromatic rings. The highest BCUT2D eigenvalue weighted by Crippen LogP contribution is 2.36. The van der Waals surface area contributed by atoms with Gasteiger partial charge in [-0.1, -0.05) is 48.5 Å². The molecule has 3 aromatic carbocycles. The number of likely N-dealkylation sites (N-methyl/N-ethyl adjacent to an activating group) is 1. The molecule has 2 atom stereocenters. The van der Waals surface area contributed by atoms with Gasteiger partial charge in [-0.2, -0.15) is 0 Å². The first-order chi connectivity index (χ1) is 19.4. The topological polar surface area (TPSA) is 91.0 Å². The van der Waals surface area contributed by atoms with Gasteiger partial charge >= 0.3 is 0 Å². The largest absolute Gasteiger partial charge is 0.381 e. The minimum absolute atomic E-state index is 0. The van der Waals surface area contributed by atoms with Crippen LogP contribution in [0.4, 0.5) is 11.4 Å². The smallest absolute Gasteiger partial charge is 0.251 e. The molecule has 2 aliphatic rings. The number of ether oxygens (including phenoxy) is 1. The predicted octanol–water partition coefficient (Wildman–Crippen LogP) is 4.36. The number of nitrogens with one attached hydrogen (secondary N) is 2. The van der Waals surface area contributed by atoms with Crippen LogP contribution < -0.4 is 20.4 Å². The van der Waals surface area contributed by atoms with Gasteiger partial charge in [0.1, 0.15) is 6.04 Å². The Labute approximate surface area is 247 Å². The first-order valence-corrected chi connectivity index (χ1v) is 14.1. The van der Waals surface area contributed by atoms with Crippen LogP contribution in [0.3, 0.4) is 0 Å². The lowest BCUT2D eigenvalue weighted by molar-refractivity contribution is -0.128. The molecule has 1 fully saturated rings. The van der Waals surface area contributed by atoms with Crippen LogP contribution in [-0.2, 0) is 25.7 Å². The van der Waals surface area contributed by atoms with Gasteiger partial charge in [0.05, 0.1) is 30.5 Å². The van der Waals surface area contributed by atoms with Crippen molar-refractivity contribution in [3.8, 4) is 0 Å². The molecule has 0 bridgehead atoms. The number of fused-ring (bicyclic) bond motifs is 2. The number of benzene rings is 3. The van der Waals surface area contributed by atoms with Gasteiger partial charge in [-0.05, 0) is 73.7 Å². The van der Waals surface area contributed by atoms with Gasteiger partial charge in [-0.15, -0.1) is 12.4 Å². The van der Waals surface area contributed by atoms with Crippen molar-refractivity contribution in [3.05, 3.63) is 71.8 Å². The zero-order valence-electron chi connectivity index (χ0n) is 23.9. The van der Waals surface area contributed by atoms with Crippen molar-refractivity contribution in [3.63, 3.8) is 0 Å². The van der Waals surface area contributed by atoms with E-state index in [1.54, 1.807) is 23.8 Å². The number of carbonyl (C=O) groups excluding carboxylic acids is 3. The van der Waals surface area contributed by atoms with Gasteiger partial charge in [0, 0.05) is 19.6 Å². The van der Waals surface area contributed by atoms with Crippen molar-refractivity contribution in [2.45, 2.75) is 51.7 Å². The number of amides is 3. The monoisotopic (exact) mass is 578 g/mol. The number of aryl methyl sites for hydroxylation is 1. The molecule has 0 aliphatic carbocycles. The highest BCUT2D eigenvalue weighted by molar-refractivity contribution is 6.08. The Morgan fingerprint density at radius 2 is 1.68 bits per heavy atom. The predicted molar refractivity (Wildman–Crippen MR) is 165 cm³/mol. The molecule has 41 heavy (non-hydrogen) atoms. The fraction of sp³-hybridized carbons (Fsp3) is 0.406. The van der Waals surface area contributed by atoms with Crippen molar-refractivity contribution in [1.29, 1.82) is 0 Å². The van der Waals surface area contributed by atoms with E-state index in [1.165, 1.54) is 0 Å². The summed E-state index contributed by atoms with van der Waals surface area (Å²) in [5.41, 5.74) is 3.46. The van der Waals surface area contributed by atoms with Crippen molar-refractivity contribution >= 4 is 52.3 Å². The summed E-state index contributed by atoms with van der Waals surface area (Å²) in [6, 6.07) is 18.5. The minimum atomic E-state index is -0.898. The van der Waals surface area contributed by atoms with Crippen LogP contribution in [0.15, 0.2) is 60.7 Å². The first kappa shape index (κ1) is 30.5. The van der Waals surface area contributed by atoms with Gasteiger partial charge in [0.15, 0.2) is 0 Å². The summed E-state index contributed by atoms with van der Waals surface area (Å²) >= 11 is 0. The zero-order valence-corrected chi connectivity index (χ0v) is 24.7. The summed E-state index contributed by atoms with van der Waals surface area (Å²) in [7, 11) is 1.70. The normalized spacial score (nSPS) is 18.3. The summed E-state index contributed by atoms with van der Waals surface area (Å²) in [5, 5.41) is 8.06. The molecule has 2 aliphatic heterocycles. The molecular formula is C32H39ClN4O4. The molecule has 3 amide bonds. The number of halogens is 1. The summed E-state index contributed by atoms with van der Waals surface area (Å²) in [5.74, 6) is -0.335. The van der Waals surface area contributed by atoms with Gasteiger partial charge in [-0.25, -0.2) is 0 Å². The second-order valence-electron chi connectivity index (χ2n) is 10.8. The van der Waals surface area contributed by atoms with Crippen LogP contribution in [0.5, 0.6) is 0 Å². The third kappa shape index (κ3) is 6.56. The van der Waals surface area contributed by atoms with E-state index in [4.69, 9.17) is 4.74 Å². The van der Waals surface area contributed by atoms with Gasteiger partial charge in [0.25, 0.3) is 5.91 Å². The molecule has 2 N–H and O–H groups in total. The Morgan fingerprint density at radius 3 is 2.41 bits per heavy atom. The van der Waals surface area contributed by atoms with Crippen LogP contribution in [0.1, 0.15) is 37.3 Å². The molecule has 9 heteroatoms. The molecule has 1 saturated heterocycles. The van der Waals surface area contributed by atoms with E-state index in [0.717, 1.165) is 34.7 Å². The van der Waals surface area contributed by atoms with Crippen molar-refractivity contribution in [2.24, 2.45) is 5.92 Å². The van der Waals surface area contributed by atoms with Gasteiger partial charge in [0.2, 0.25) is 11.8 Å². The Hall–Kier alpha value is -3.46. The molecule has 218 valence electrons. The van der Waals surface area contributed by atoms with Crippen molar-refractivity contribution in [1.82, 2.24) is 10.6 Å². The van der Waals surface area contributed by atoms with Crippen LogP contribution >= 0.6 is 12.4 Å². The molecule has 1 unspecified atom stereocenters. The standard InChI is InChI=1S/C32H38N4O4.ClH/c1-21-12-13-24-8-4-5-9-25(24)26(21)19-36-29-11-7-6-10-28(29)35(30(37)18-23-14-16-40-17-15-23)20-27(32(36)39)34-31(38)22(2)33-3;/h4-13,22-23,27,33H,14-20H2,1-3H3,(H,34,38);1H/t22?,27-;/m0./s1. The van der Waals surface area contributed by atoms with E-state index in [0.29, 0.717) is 37.6 Å². The quantitative estimate of drug-likeness (QED) is 0.435. The second kappa shape index (κ2) is 13.5. The highest BCUT2D eigenvalue weighted by atomic mass is 35.5. The Balaban J connectivity index is 0.00000387. The second-order valence-corrected chi connectivity index (χ2v) is 10.8. The fourth-order valence-corrected chi connectivity index (χ4v) is 5.64. The molecule has 8 nitrogen and oxygen atoms in total. The van der Waals surface area contributed by atoms with Crippen LogP contribution in [0, 0.1) is 12.8 Å². The first-order valence-electron chi connectivity index (χ1n) is 14.1. The van der Waals surface area contributed by atoms with E-state index in [-0.39, 0.29) is 42.6 Å². The Bertz CT molecular complexity index is 1410.